The molecule has 1 aliphatic rings. The molecule has 0 aromatic carbocycles. The van der Waals surface area contributed by atoms with Crippen molar-refractivity contribution in [2.75, 3.05) is 0 Å². The molecule has 11 heteroatoms. The van der Waals surface area contributed by atoms with Crippen molar-refractivity contribution >= 4 is 8.25 Å². The largest absolute Gasteiger partial charge is 0.388 e. The Morgan fingerprint density at radius 2 is 2.12 bits per heavy atom. The standard InChI is InChI=1S/C14H21N2O8P/c1-3-14(4-2,24-25(21)22)5-8-9(17)10(18)11(23-8)7-6-15-13(20)16-12(7)19/h3,6,8-11,17-18,25H,1,4-5H2,2H3,(H,21,22)(H2,15,16,19,20)/t8-,9-,10-,11?,14?/m1/s1. The fourth-order valence-corrected chi connectivity index (χ4v) is 3.51. The Labute approximate surface area is 143 Å². The van der Waals surface area contributed by atoms with Gasteiger partial charge in [0.05, 0.1) is 17.3 Å². The molecule has 1 fully saturated rings. The molecule has 0 saturated carbocycles. The second-order valence-electron chi connectivity index (χ2n) is 5.80. The lowest BCUT2D eigenvalue weighted by Crippen LogP contribution is -2.38. The van der Waals surface area contributed by atoms with Gasteiger partial charge in [-0.25, -0.2) is 4.79 Å². The van der Waals surface area contributed by atoms with Crippen LogP contribution in [-0.2, 0) is 13.8 Å². The van der Waals surface area contributed by atoms with Crippen LogP contribution in [0.15, 0.2) is 28.4 Å². The highest BCUT2D eigenvalue weighted by Gasteiger charge is 2.47. The number of aromatic nitrogens is 2. The zero-order chi connectivity index (χ0) is 18.8. The van der Waals surface area contributed by atoms with E-state index in [1.165, 1.54) is 6.08 Å². The SMILES string of the molecule is C=CC(CC)(C[C@H]1OC(c2c[nH]c(=O)[nH]c2=O)[C@H](O)[C@@H]1O)O[PH](=O)O. The summed E-state index contributed by atoms with van der Waals surface area (Å²) < 4.78 is 21.7. The number of hydrogen-bond donors (Lipinski definition) is 5. The third kappa shape index (κ3) is 4.17. The second kappa shape index (κ2) is 7.77. The molecule has 1 aromatic rings. The zero-order valence-corrected chi connectivity index (χ0v) is 14.5. The Hall–Kier alpha value is -1.55. The molecule has 3 unspecified atom stereocenters. The molecule has 1 aromatic heterocycles. The maximum absolute atomic E-state index is 11.9. The van der Waals surface area contributed by atoms with Crippen molar-refractivity contribution in [2.24, 2.45) is 0 Å². The first-order chi connectivity index (χ1) is 11.7. The van der Waals surface area contributed by atoms with Crippen LogP contribution in [0.1, 0.15) is 31.4 Å². The molecule has 25 heavy (non-hydrogen) atoms. The first-order valence-corrected chi connectivity index (χ1v) is 8.88. The Morgan fingerprint density at radius 3 is 2.64 bits per heavy atom. The van der Waals surface area contributed by atoms with Gasteiger partial charge in [-0.2, -0.15) is 0 Å². The Balaban J connectivity index is 2.26. The van der Waals surface area contributed by atoms with Crippen LogP contribution in [0.3, 0.4) is 0 Å². The van der Waals surface area contributed by atoms with Crippen molar-refractivity contribution < 1.29 is 28.9 Å². The highest BCUT2D eigenvalue weighted by atomic mass is 31.1. The van der Waals surface area contributed by atoms with E-state index in [2.05, 4.69) is 11.6 Å². The van der Waals surface area contributed by atoms with Crippen molar-refractivity contribution in [3.63, 3.8) is 0 Å². The van der Waals surface area contributed by atoms with Crippen molar-refractivity contribution in [2.45, 2.75) is 49.8 Å². The molecule has 1 saturated heterocycles. The fourth-order valence-electron chi connectivity index (χ4n) is 2.85. The van der Waals surface area contributed by atoms with Gasteiger partial charge in [-0.3, -0.25) is 18.9 Å². The molecule has 140 valence electrons. The highest BCUT2D eigenvalue weighted by Crippen LogP contribution is 2.40. The van der Waals surface area contributed by atoms with Gasteiger partial charge in [0.15, 0.2) is 0 Å². The smallest absolute Gasteiger partial charge is 0.325 e. The summed E-state index contributed by atoms with van der Waals surface area (Å²) in [6.45, 7) is 5.29. The average Bonchev–Trinajstić information content (AvgIpc) is 2.82. The van der Waals surface area contributed by atoms with Crippen LogP contribution in [0.4, 0.5) is 0 Å². The average molecular weight is 376 g/mol. The van der Waals surface area contributed by atoms with Gasteiger partial charge in [0.2, 0.25) is 0 Å². The van der Waals surface area contributed by atoms with E-state index in [0.29, 0.717) is 0 Å². The summed E-state index contributed by atoms with van der Waals surface area (Å²) in [6.07, 6.45) is -2.28. The first-order valence-electron chi connectivity index (χ1n) is 7.62. The van der Waals surface area contributed by atoms with Crippen LogP contribution in [0, 0.1) is 0 Å². The lowest BCUT2D eigenvalue weighted by atomic mass is 9.90. The molecule has 0 amide bonds. The molecule has 5 N–H and O–H groups in total. The number of hydrogen-bond acceptors (Lipinski definition) is 7. The minimum absolute atomic E-state index is 0.0500. The van der Waals surface area contributed by atoms with Crippen LogP contribution in [-0.4, -0.2) is 49.0 Å². The summed E-state index contributed by atoms with van der Waals surface area (Å²) >= 11 is 0. The molecule has 10 nitrogen and oxygen atoms in total. The first kappa shape index (κ1) is 19.8. The topological polar surface area (TPSA) is 162 Å². The number of nitrogens with one attached hydrogen (secondary N) is 2. The molecule has 0 bridgehead atoms. The lowest BCUT2D eigenvalue weighted by Gasteiger charge is -2.31. The van der Waals surface area contributed by atoms with Crippen LogP contribution in [0.25, 0.3) is 0 Å². The molecule has 0 radical (unpaired) electrons. The second-order valence-corrected chi connectivity index (χ2v) is 6.53. The number of aromatic amines is 2. The van der Waals surface area contributed by atoms with Crippen molar-refractivity contribution in [3.05, 3.63) is 45.3 Å². The predicted molar refractivity (Wildman–Crippen MR) is 87.5 cm³/mol. The number of aliphatic hydroxyl groups excluding tert-OH is 2. The normalized spacial score (nSPS) is 29.9. The van der Waals surface area contributed by atoms with Crippen LogP contribution < -0.4 is 11.2 Å². The van der Waals surface area contributed by atoms with Gasteiger partial charge in [0.25, 0.3) is 5.56 Å². The molecule has 0 aliphatic carbocycles. The lowest BCUT2D eigenvalue weighted by molar-refractivity contribution is -0.0353. The number of ether oxygens (including phenoxy) is 1. The minimum atomic E-state index is -3.28. The van der Waals surface area contributed by atoms with E-state index in [4.69, 9.17) is 14.2 Å². The number of rotatable bonds is 7. The van der Waals surface area contributed by atoms with Crippen molar-refractivity contribution in [1.29, 1.82) is 0 Å². The Morgan fingerprint density at radius 1 is 1.44 bits per heavy atom. The predicted octanol–water partition coefficient (Wildman–Crippen LogP) is -0.652. The maximum Gasteiger partial charge on any atom is 0.325 e. The van der Waals surface area contributed by atoms with Gasteiger partial charge in [-0.05, 0) is 6.42 Å². The molecule has 6 atom stereocenters. The van der Waals surface area contributed by atoms with Crippen LogP contribution in [0.5, 0.6) is 0 Å². The fraction of sp³-hybridized carbons (Fsp3) is 0.571. The highest BCUT2D eigenvalue weighted by molar-refractivity contribution is 7.32. The van der Waals surface area contributed by atoms with E-state index in [9.17, 15) is 24.4 Å². The minimum Gasteiger partial charge on any atom is -0.388 e. The molecule has 2 heterocycles. The summed E-state index contributed by atoms with van der Waals surface area (Å²) in [5, 5.41) is 20.4. The third-order valence-electron chi connectivity index (χ3n) is 4.32. The van der Waals surface area contributed by atoms with E-state index in [1.54, 1.807) is 6.92 Å². The zero-order valence-electron chi connectivity index (χ0n) is 13.5. The maximum atomic E-state index is 11.9. The van der Waals surface area contributed by atoms with E-state index in [1.807, 2.05) is 4.98 Å². The summed E-state index contributed by atoms with van der Waals surface area (Å²) in [4.78, 5) is 36.3. The van der Waals surface area contributed by atoms with Gasteiger partial charge in [-0.1, -0.05) is 13.0 Å². The molecule has 0 spiro atoms. The molecular weight excluding hydrogens is 355 g/mol. The molecule has 2 rings (SSSR count). The summed E-state index contributed by atoms with van der Waals surface area (Å²) in [5.74, 6) is 0. The van der Waals surface area contributed by atoms with Gasteiger partial charge >= 0.3 is 13.9 Å². The van der Waals surface area contributed by atoms with E-state index in [0.717, 1.165) is 6.20 Å². The van der Waals surface area contributed by atoms with Crippen LogP contribution >= 0.6 is 8.25 Å². The molecule has 1 aliphatic heterocycles. The quantitative estimate of drug-likeness (QED) is 0.310. The number of H-pyrrole nitrogens is 2. The van der Waals surface area contributed by atoms with Gasteiger partial charge < -0.3 is 24.8 Å². The van der Waals surface area contributed by atoms with E-state index >= 15 is 0 Å². The van der Waals surface area contributed by atoms with Gasteiger partial charge in [0.1, 0.15) is 18.3 Å². The van der Waals surface area contributed by atoms with Crippen molar-refractivity contribution in [3.8, 4) is 0 Å². The Bertz CT molecular complexity index is 762. The van der Waals surface area contributed by atoms with E-state index < -0.39 is 49.5 Å². The van der Waals surface area contributed by atoms with Gasteiger partial charge in [-0.15, -0.1) is 6.58 Å². The van der Waals surface area contributed by atoms with Gasteiger partial charge in [0, 0.05) is 12.6 Å². The summed E-state index contributed by atoms with van der Waals surface area (Å²) in [5.41, 5.74) is -2.74. The van der Waals surface area contributed by atoms with Crippen LogP contribution in [0.2, 0.25) is 0 Å². The number of aliphatic hydroxyl groups is 2. The summed E-state index contributed by atoms with van der Waals surface area (Å²) in [7, 11) is -3.28. The monoisotopic (exact) mass is 376 g/mol. The Kier molecular flexibility index (Phi) is 6.15. The van der Waals surface area contributed by atoms with E-state index in [-0.39, 0.29) is 18.4 Å². The third-order valence-corrected chi connectivity index (χ3v) is 4.91. The molecular formula is C14H21N2O8P. The summed E-state index contributed by atoms with van der Waals surface area (Å²) in [6, 6.07) is 0. The van der Waals surface area contributed by atoms with Crippen molar-refractivity contribution in [1.82, 2.24) is 9.97 Å².